The summed E-state index contributed by atoms with van der Waals surface area (Å²) in [7, 11) is 0. The van der Waals surface area contributed by atoms with Gasteiger partial charge in [-0.2, -0.15) is 0 Å². The van der Waals surface area contributed by atoms with Crippen LogP contribution in [0.4, 0.5) is 13.6 Å². The van der Waals surface area contributed by atoms with Crippen molar-refractivity contribution in [2.24, 2.45) is 0 Å². The lowest BCUT2D eigenvalue weighted by Gasteiger charge is -2.27. The molecule has 1 saturated heterocycles. The van der Waals surface area contributed by atoms with Crippen LogP contribution in [-0.2, 0) is 16.9 Å². The van der Waals surface area contributed by atoms with Crippen LogP contribution in [0.3, 0.4) is 0 Å². The van der Waals surface area contributed by atoms with Gasteiger partial charge in [-0.1, -0.05) is 44.0 Å². The molecule has 0 aromatic heterocycles. The average molecular weight is 358 g/mol. The van der Waals surface area contributed by atoms with Crippen LogP contribution in [0.1, 0.15) is 37.3 Å². The standard InChI is InChI=1S/C20H20F2N2O2/c1-2-3-11-20(15-7-9-16(21)10-8-15)18(25)24(19(26)23-20)13-14-5-4-6-17(22)12-14/h4-10,12H,2-3,11,13H2,1H3,(H,23,26)/t20-/m0/s1. The second-order valence-corrected chi connectivity index (χ2v) is 6.47. The Morgan fingerprint density at radius 3 is 2.42 bits per heavy atom. The fraction of sp³-hybridized carbons (Fsp3) is 0.300. The fourth-order valence-electron chi connectivity index (χ4n) is 3.27. The van der Waals surface area contributed by atoms with Crippen LogP contribution in [0, 0.1) is 11.6 Å². The molecule has 26 heavy (non-hydrogen) atoms. The molecule has 4 nitrogen and oxygen atoms in total. The summed E-state index contributed by atoms with van der Waals surface area (Å²) < 4.78 is 26.7. The topological polar surface area (TPSA) is 49.4 Å². The fourth-order valence-corrected chi connectivity index (χ4v) is 3.27. The number of urea groups is 1. The summed E-state index contributed by atoms with van der Waals surface area (Å²) in [5.41, 5.74) is -0.139. The largest absolute Gasteiger partial charge is 0.325 e. The third kappa shape index (κ3) is 3.31. The lowest BCUT2D eigenvalue weighted by atomic mass is 9.84. The molecule has 1 N–H and O–H groups in total. The summed E-state index contributed by atoms with van der Waals surface area (Å²) >= 11 is 0. The van der Waals surface area contributed by atoms with Gasteiger partial charge in [-0.05, 0) is 41.8 Å². The Labute approximate surface area is 150 Å². The van der Waals surface area contributed by atoms with Crippen LogP contribution in [0.5, 0.6) is 0 Å². The van der Waals surface area contributed by atoms with Crippen LogP contribution >= 0.6 is 0 Å². The van der Waals surface area contributed by atoms with Crippen molar-refractivity contribution in [1.29, 1.82) is 0 Å². The van der Waals surface area contributed by atoms with Crippen molar-refractivity contribution in [2.75, 3.05) is 0 Å². The molecule has 0 radical (unpaired) electrons. The minimum absolute atomic E-state index is 0.0164. The molecule has 1 atom stereocenters. The number of carbonyl (C=O) groups is 2. The summed E-state index contributed by atoms with van der Waals surface area (Å²) in [4.78, 5) is 26.8. The van der Waals surface area contributed by atoms with Crippen LogP contribution in [-0.4, -0.2) is 16.8 Å². The molecule has 0 aliphatic carbocycles. The van der Waals surface area contributed by atoms with Gasteiger partial charge in [-0.15, -0.1) is 0 Å². The van der Waals surface area contributed by atoms with Gasteiger partial charge in [0.2, 0.25) is 0 Å². The predicted molar refractivity (Wildman–Crippen MR) is 93.1 cm³/mol. The van der Waals surface area contributed by atoms with Crippen molar-refractivity contribution in [2.45, 2.75) is 38.3 Å². The van der Waals surface area contributed by atoms with E-state index in [-0.39, 0.29) is 6.54 Å². The minimum Gasteiger partial charge on any atom is -0.319 e. The highest BCUT2D eigenvalue weighted by molar-refractivity contribution is 6.07. The van der Waals surface area contributed by atoms with Crippen molar-refractivity contribution >= 4 is 11.9 Å². The zero-order chi connectivity index (χ0) is 18.7. The molecule has 136 valence electrons. The van der Waals surface area contributed by atoms with E-state index in [1.807, 2.05) is 6.92 Å². The molecule has 0 spiro atoms. The Morgan fingerprint density at radius 2 is 1.77 bits per heavy atom. The SMILES string of the molecule is CCCC[C@@]1(c2ccc(F)cc2)NC(=O)N(Cc2cccc(F)c2)C1=O. The van der Waals surface area contributed by atoms with E-state index in [0.717, 1.165) is 17.7 Å². The lowest BCUT2D eigenvalue weighted by molar-refractivity contribution is -0.132. The Morgan fingerprint density at radius 1 is 1.04 bits per heavy atom. The van der Waals surface area contributed by atoms with Gasteiger partial charge < -0.3 is 5.32 Å². The normalized spacial score (nSPS) is 19.7. The molecule has 6 heteroatoms. The van der Waals surface area contributed by atoms with Gasteiger partial charge in [0, 0.05) is 0 Å². The van der Waals surface area contributed by atoms with Crippen LogP contribution in [0.15, 0.2) is 48.5 Å². The first kappa shape index (κ1) is 18.0. The first-order chi connectivity index (χ1) is 12.5. The van der Waals surface area contributed by atoms with Crippen molar-refractivity contribution in [1.82, 2.24) is 10.2 Å². The Balaban J connectivity index is 1.94. The number of carbonyl (C=O) groups excluding carboxylic acids is 2. The van der Waals surface area contributed by atoms with E-state index >= 15 is 0 Å². The Kier molecular flexibility index (Phi) is 5.02. The van der Waals surface area contributed by atoms with Gasteiger partial charge in [-0.25, -0.2) is 13.6 Å². The highest BCUT2D eigenvalue weighted by Crippen LogP contribution is 2.35. The number of nitrogens with one attached hydrogen (secondary N) is 1. The smallest absolute Gasteiger partial charge is 0.319 e. The first-order valence-corrected chi connectivity index (χ1v) is 8.61. The maximum atomic E-state index is 13.4. The zero-order valence-electron chi connectivity index (χ0n) is 14.5. The van der Waals surface area contributed by atoms with E-state index < -0.39 is 29.1 Å². The van der Waals surface area contributed by atoms with Gasteiger partial charge in [0.25, 0.3) is 5.91 Å². The zero-order valence-corrected chi connectivity index (χ0v) is 14.5. The lowest BCUT2D eigenvalue weighted by Crippen LogP contribution is -2.44. The Hall–Kier alpha value is -2.76. The van der Waals surface area contributed by atoms with Crippen LogP contribution < -0.4 is 5.32 Å². The molecule has 0 saturated carbocycles. The predicted octanol–water partition coefficient (Wildman–Crippen LogP) is 4.10. The van der Waals surface area contributed by atoms with Gasteiger partial charge in [0.15, 0.2) is 0 Å². The molecule has 3 rings (SSSR count). The molecular weight excluding hydrogens is 338 g/mol. The van der Waals surface area contributed by atoms with Crippen molar-refractivity contribution in [3.05, 3.63) is 71.3 Å². The van der Waals surface area contributed by atoms with Crippen LogP contribution in [0.25, 0.3) is 0 Å². The van der Waals surface area contributed by atoms with Crippen LogP contribution in [0.2, 0.25) is 0 Å². The van der Waals surface area contributed by atoms with E-state index in [9.17, 15) is 18.4 Å². The number of imide groups is 1. The average Bonchev–Trinajstić information content (AvgIpc) is 2.86. The van der Waals surface area contributed by atoms with Crippen molar-refractivity contribution in [3.63, 3.8) is 0 Å². The molecular formula is C20H20F2N2O2. The third-order valence-corrected chi connectivity index (χ3v) is 4.65. The molecule has 1 heterocycles. The molecule has 1 aliphatic rings. The molecule has 1 fully saturated rings. The quantitative estimate of drug-likeness (QED) is 0.791. The molecule has 0 bridgehead atoms. The van der Waals surface area contributed by atoms with Gasteiger partial charge in [0.1, 0.15) is 17.2 Å². The second-order valence-electron chi connectivity index (χ2n) is 6.47. The second kappa shape index (κ2) is 7.23. The maximum absolute atomic E-state index is 13.4. The van der Waals surface area contributed by atoms with Gasteiger partial charge in [0.05, 0.1) is 6.54 Å². The minimum atomic E-state index is -1.21. The van der Waals surface area contributed by atoms with E-state index in [2.05, 4.69) is 5.32 Å². The van der Waals surface area contributed by atoms with Crippen molar-refractivity contribution < 1.29 is 18.4 Å². The molecule has 2 aromatic rings. The van der Waals surface area contributed by atoms with E-state index in [1.165, 1.54) is 42.5 Å². The molecule has 3 amide bonds. The number of rotatable bonds is 6. The number of benzene rings is 2. The summed E-state index contributed by atoms with van der Waals surface area (Å²) in [5.74, 6) is -1.23. The highest BCUT2D eigenvalue weighted by atomic mass is 19.1. The summed E-state index contributed by atoms with van der Waals surface area (Å²) in [6.45, 7) is 1.97. The third-order valence-electron chi connectivity index (χ3n) is 4.65. The summed E-state index contributed by atoms with van der Waals surface area (Å²) in [5, 5.41) is 2.79. The first-order valence-electron chi connectivity index (χ1n) is 8.61. The van der Waals surface area contributed by atoms with E-state index in [1.54, 1.807) is 6.07 Å². The number of hydrogen-bond acceptors (Lipinski definition) is 2. The van der Waals surface area contributed by atoms with Gasteiger partial charge in [-0.3, -0.25) is 9.69 Å². The Bertz CT molecular complexity index is 823. The van der Waals surface area contributed by atoms with Crippen molar-refractivity contribution in [3.8, 4) is 0 Å². The van der Waals surface area contributed by atoms with E-state index in [4.69, 9.17) is 0 Å². The molecule has 2 aromatic carbocycles. The van der Waals surface area contributed by atoms with E-state index in [0.29, 0.717) is 17.5 Å². The monoisotopic (exact) mass is 358 g/mol. The number of unbranched alkanes of at least 4 members (excludes halogenated alkanes) is 1. The number of amides is 3. The molecule has 0 unspecified atom stereocenters. The number of nitrogens with zero attached hydrogens (tertiary/aromatic N) is 1. The number of hydrogen-bond donors (Lipinski definition) is 1. The maximum Gasteiger partial charge on any atom is 0.325 e. The summed E-state index contributed by atoms with van der Waals surface area (Å²) in [6, 6.07) is 10.9. The highest BCUT2D eigenvalue weighted by Gasteiger charge is 2.51. The van der Waals surface area contributed by atoms with Gasteiger partial charge >= 0.3 is 6.03 Å². The molecule has 1 aliphatic heterocycles. The summed E-state index contributed by atoms with van der Waals surface area (Å²) in [6.07, 6.45) is 1.98. The number of halogens is 2.